The molecule has 0 aliphatic heterocycles. The van der Waals surface area contributed by atoms with Crippen LogP contribution in [0.5, 0.6) is 11.5 Å². The van der Waals surface area contributed by atoms with Gasteiger partial charge in [-0.15, -0.1) is 13.2 Å². The number of rotatable bonds is 4. The van der Waals surface area contributed by atoms with E-state index in [0.717, 1.165) is 0 Å². The fourth-order valence-electron chi connectivity index (χ4n) is 1.65. The van der Waals surface area contributed by atoms with Gasteiger partial charge in [0, 0.05) is 6.20 Å². The summed E-state index contributed by atoms with van der Waals surface area (Å²) in [4.78, 5) is 17.4. The van der Waals surface area contributed by atoms with E-state index in [0.29, 0.717) is 17.1 Å². The molecule has 0 aliphatic carbocycles. The average Bonchev–Trinajstić information content (AvgIpc) is 2.53. The Morgan fingerprint density at radius 1 is 1.20 bits per heavy atom. The van der Waals surface area contributed by atoms with Gasteiger partial charge in [-0.2, -0.15) is 4.99 Å². The number of benzene rings is 1. The fourth-order valence-corrected chi connectivity index (χ4v) is 1.65. The molecule has 2 aromatic rings. The molecule has 0 saturated heterocycles. The molecule has 3 N–H and O–H groups in total. The lowest BCUT2D eigenvalue weighted by Gasteiger charge is -2.08. The molecule has 1 aromatic carbocycles. The highest BCUT2D eigenvalue weighted by Gasteiger charge is 2.27. The van der Waals surface area contributed by atoms with Crippen LogP contribution in [0, 0.1) is 0 Å². The first-order chi connectivity index (χ1) is 11.8. The van der Waals surface area contributed by atoms with E-state index in [1.54, 1.807) is 54.1 Å². The Morgan fingerprint density at radius 2 is 1.92 bits per heavy atom. The molecule has 25 heavy (non-hydrogen) atoms. The van der Waals surface area contributed by atoms with E-state index < -0.39 is 18.4 Å². The van der Waals surface area contributed by atoms with Crippen molar-refractivity contribution in [2.75, 3.05) is 0 Å². The zero-order valence-corrected chi connectivity index (χ0v) is 12.7. The van der Waals surface area contributed by atoms with Crippen LogP contribution in [-0.2, 0) is 11.3 Å². The van der Waals surface area contributed by atoms with Gasteiger partial charge in [-0.3, -0.25) is 10.3 Å². The summed E-state index contributed by atoms with van der Waals surface area (Å²) >= 11 is 0. The summed E-state index contributed by atoms with van der Waals surface area (Å²) in [6.45, 7) is -0.168. The van der Waals surface area contributed by atoms with Crippen molar-refractivity contribution in [2.45, 2.75) is 12.9 Å². The van der Waals surface area contributed by atoms with Crippen LogP contribution in [-0.4, -0.2) is 23.3 Å². The van der Waals surface area contributed by atoms with Gasteiger partial charge in [-0.25, -0.2) is 4.79 Å². The van der Waals surface area contributed by atoms with E-state index in [-0.39, 0.29) is 6.61 Å². The van der Waals surface area contributed by atoms with Gasteiger partial charge >= 0.3 is 12.4 Å². The number of nitrogens with zero attached hydrogens (tertiary/aromatic N) is 2. The minimum absolute atomic E-state index is 0.168. The van der Waals surface area contributed by atoms with Crippen LogP contribution in [0.2, 0.25) is 0 Å². The zero-order chi connectivity index (χ0) is 18.3. The first-order valence-corrected chi connectivity index (χ1v) is 6.84. The smallest absolute Gasteiger partial charge is 0.456 e. The number of guanidine groups is 1. The van der Waals surface area contributed by atoms with Crippen molar-refractivity contribution >= 4 is 12.1 Å². The van der Waals surface area contributed by atoms with Gasteiger partial charge < -0.3 is 15.2 Å². The highest BCUT2D eigenvalue weighted by Crippen LogP contribution is 2.20. The summed E-state index contributed by atoms with van der Waals surface area (Å²) in [5, 5.41) is 1.67. The third-order valence-electron chi connectivity index (χ3n) is 2.64. The molecular weight excluding hydrogens is 341 g/mol. The first-order valence-electron chi connectivity index (χ1n) is 6.84. The maximum Gasteiger partial charge on any atom is 0.506 e. The predicted molar refractivity (Wildman–Crippen MR) is 81.8 cm³/mol. The van der Waals surface area contributed by atoms with Crippen LogP contribution in [0.25, 0.3) is 0 Å². The largest absolute Gasteiger partial charge is 0.506 e. The molecule has 0 spiro atoms. The Kier molecular flexibility index (Phi) is 5.77. The number of pyridine rings is 1. The number of halogens is 3. The number of aliphatic imine (C=N–C) groups is 1. The lowest BCUT2D eigenvalue weighted by molar-refractivity contribution is -0.119. The van der Waals surface area contributed by atoms with E-state index in [4.69, 9.17) is 15.2 Å². The topological polar surface area (TPSA) is 98.8 Å². The number of nitrogens with one attached hydrogen (secondary N) is 1. The number of ether oxygens (including phenoxy) is 2. The monoisotopic (exact) mass is 354 g/mol. The number of carbonyl (C=O) groups is 1. The van der Waals surface area contributed by atoms with Gasteiger partial charge in [0.25, 0.3) is 0 Å². The second-order valence-corrected chi connectivity index (χ2v) is 4.60. The molecule has 1 aromatic heterocycles. The van der Waals surface area contributed by atoms with E-state index in [1.165, 1.54) is 0 Å². The quantitative estimate of drug-likeness (QED) is 0.500. The number of hydrogen-bond donors (Lipinski definition) is 2. The Hall–Kier alpha value is -3.30. The number of aromatic nitrogens is 1. The normalized spacial score (nSPS) is 11.7. The lowest BCUT2D eigenvalue weighted by Crippen LogP contribution is -2.38. The first kappa shape index (κ1) is 18.0. The second-order valence-electron chi connectivity index (χ2n) is 4.60. The predicted octanol–water partition coefficient (Wildman–Crippen LogP) is 2.93. The van der Waals surface area contributed by atoms with Crippen molar-refractivity contribution < 1.29 is 27.4 Å². The number of amides is 1. The summed E-state index contributed by atoms with van der Waals surface area (Å²) in [5.74, 6) is 0.00535. The van der Waals surface area contributed by atoms with Crippen LogP contribution in [0.1, 0.15) is 5.56 Å². The second kappa shape index (κ2) is 7.99. The molecular formula is C15H13F3N4O3. The standard InChI is InChI=1S/C15H13F3N4O3/c16-15(17,18)22-13(19)21-14(23)24-9-10-3-5-11(6-4-10)25-12-2-1-7-20-8-12/h1-8H,9H2,(H3,19,21,22,23). The van der Waals surface area contributed by atoms with Crippen LogP contribution >= 0.6 is 0 Å². The fraction of sp³-hybridized carbons (Fsp3) is 0.133. The van der Waals surface area contributed by atoms with Crippen molar-refractivity contribution in [3.63, 3.8) is 0 Å². The maximum atomic E-state index is 11.9. The van der Waals surface area contributed by atoms with E-state index in [2.05, 4.69) is 9.98 Å². The summed E-state index contributed by atoms with van der Waals surface area (Å²) < 4.78 is 46.1. The van der Waals surface area contributed by atoms with E-state index in [1.807, 2.05) is 0 Å². The Bertz CT molecular complexity index is 734. The molecule has 0 saturated carbocycles. The highest BCUT2D eigenvalue weighted by atomic mass is 19.4. The van der Waals surface area contributed by atoms with Gasteiger partial charge in [-0.05, 0) is 29.8 Å². The summed E-state index contributed by atoms with van der Waals surface area (Å²) in [7, 11) is 0. The van der Waals surface area contributed by atoms with Gasteiger partial charge in [0.1, 0.15) is 18.1 Å². The van der Waals surface area contributed by atoms with Crippen molar-refractivity contribution in [3.05, 3.63) is 54.4 Å². The Labute approximate surface area is 140 Å². The van der Waals surface area contributed by atoms with E-state index >= 15 is 0 Å². The molecule has 0 aliphatic rings. The molecule has 0 radical (unpaired) electrons. The Morgan fingerprint density at radius 3 is 2.52 bits per heavy atom. The van der Waals surface area contributed by atoms with Crippen molar-refractivity contribution in [2.24, 2.45) is 10.7 Å². The third-order valence-corrected chi connectivity index (χ3v) is 2.64. The molecule has 0 bridgehead atoms. The zero-order valence-electron chi connectivity index (χ0n) is 12.7. The van der Waals surface area contributed by atoms with Crippen molar-refractivity contribution in [1.82, 2.24) is 10.3 Å². The van der Waals surface area contributed by atoms with Crippen LogP contribution in [0.4, 0.5) is 18.0 Å². The minimum Gasteiger partial charge on any atom is -0.456 e. The molecule has 10 heteroatoms. The molecule has 7 nitrogen and oxygen atoms in total. The van der Waals surface area contributed by atoms with Gasteiger partial charge in [0.15, 0.2) is 0 Å². The number of alkyl carbamates (subject to hydrolysis) is 1. The average molecular weight is 354 g/mol. The molecule has 0 unspecified atom stereocenters. The number of hydrogen-bond acceptors (Lipinski definition) is 5. The van der Waals surface area contributed by atoms with Crippen molar-refractivity contribution in [1.29, 1.82) is 0 Å². The molecule has 0 atom stereocenters. The number of alkyl halides is 3. The van der Waals surface area contributed by atoms with Gasteiger partial charge in [0.05, 0.1) is 6.20 Å². The number of carbonyl (C=O) groups excluding carboxylic acids is 1. The van der Waals surface area contributed by atoms with Gasteiger partial charge in [-0.1, -0.05) is 12.1 Å². The molecule has 1 amide bonds. The Balaban J connectivity index is 1.83. The summed E-state index contributed by atoms with van der Waals surface area (Å²) in [5.41, 5.74) is 5.52. The molecule has 132 valence electrons. The number of nitrogens with two attached hydrogens (primary N) is 1. The van der Waals surface area contributed by atoms with E-state index in [9.17, 15) is 18.0 Å². The van der Waals surface area contributed by atoms with Crippen LogP contribution in [0.3, 0.4) is 0 Å². The van der Waals surface area contributed by atoms with Gasteiger partial charge in [0.2, 0.25) is 5.96 Å². The van der Waals surface area contributed by atoms with Crippen LogP contribution < -0.4 is 15.8 Å². The molecule has 1 heterocycles. The lowest BCUT2D eigenvalue weighted by atomic mass is 10.2. The minimum atomic E-state index is -4.87. The van der Waals surface area contributed by atoms with Crippen LogP contribution in [0.15, 0.2) is 53.8 Å². The summed E-state index contributed by atoms with van der Waals surface area (Å²) in [6, 6.07) is 10.0. The highest BCUT2D eigenvalue weighted by molar-refractivity contribution is 5.92. The molecule has 2 rings (SSSR count). The van der Waals surface area contributed by atoms with Crippen molar-refractivity contribution in [3.8, 4) is 11.5 Å². The maximum absolute atomic E-state index is 11.9. The summed E-state index contributed by atoms with van der Waals surface area (Å²) in [6.07, 6.45) is -2.86. The SMILES string of the molecule is N/C(=N\C(F)(F)F)NC(=O)OCc1ccc(Oc2cccnc2)cc1. The third kappa shape index (κ3) is 6.77. The molecule has 0 fully saturated rings.